The average Bonchev–Trinajstić information content (AvgIpc) is 2.36. The minimum Gasteiger partial charge on any atom is -0.423 e. The Morgan fingerprint density at radius 2 is 2.10 bits per heavy atom. The summed E-state index contributed by atoms with van der Waals surface area (Å²) in [5, 5.41) is 9.50. The highest BCUT2D eigenvalue weighted by Gasteiger charge is 2.26. The summed E-state index contributed by atoms with van der Waals surface area (Å²) in [6, 6.07) is 5.76. The van der Waals surface area contributed by atoms with Crippen LogP contribution in [0.25, 0.3) is 11.0 Å². The van der Waals surface area contributed by atoms with E-state index in [1.807, 2.05) is 0 Å². The predicted molar refractivity (Wildman–Crippen MR) is 75.3 cm³/mol. The Kier molecular flexibility index (Phi) is 4.49. The first-order chi connectivity index (χ1) is 9.80. The van der Waals surface area contributed by atoms with Crippen LogP contribution >= 0.6 is 7.82 Å². The van der Waals surface area contributed by atoms with Crippen molar-refractivity contribution >= 4 is 18.8 Å². The number of aliphatic hydroxyl groups is 1. The second-order valence-corrected chi connectivity index (χ2v) is 5.90. The summed E-state index contributed by atoms with van der Waals surface area (Å²) in [6.07, 6.45) is -0.846. The van der Waals surface area contributed by atoms with Crippen LogP contribution in [-0.4, -0.2) is 22.7 Å². The van der Waals surface area contributed by atoms with Gasteiger partial charge in [-0.05, 0) is 31.5 Å². The molecule has 114 valence electrons. The molecule has 1 unspecified atom stereocenters. The van der Waals surface area contributed by atoms with Crippen LogP contribution in [0.4, 0.5) is 0 Å². The molecule has 8 heteroatoms. The van der Waals surface area contributed by atoms with Crippen molar-refractivity contribution in [3.63, 3.8) is 0 Å². The van der Waals surface area contributed by atoms with Gasteiger partial charge in [-0.25, -0.2) is 9.36 Å². The fourth-order valence-electron chi connectivity index (χ4n) is 1.78. The Bertz CT molecular complexity index is 752. The van der Waals surface area contributed by atoms with Gasteiger partial charge in [0.1, 0.15) is 11.3 Å². The normalized spacial score (nSPS) is 15.6. The first kappa shape index (κ1) is 15.7. The molecule has 0 radical (unpaired) electrons. The maximum absolute atomic E-state index is 11.7. The van der Waals surface area contributed by atoms with Crippen molar-refractivity contribution < 1.29 is 28.0 Å². The van der Waals surface area contributed by atoms with E-state index in [9.17, 15) is 14.3 Å². The molecule has 2 N–H and O–H groups in total. The highest BCUT2D eigenvalue weighted by molar-refractivity contribution is 7.47. The van der Waals surface area contributed by atoms with E-state index in [0.717, 1.165) is 5.56 Å². The minimum atomic E-state index is -4.37. The van der Waals surface area contributed by atoms with Gasteiger partial charge in [-0.2, -0.15) is 0 Å². The zero-order valence-corrected chi connectivity index (χ0v) is 12.4. The molecular weight excluding hydrogens is 299 g/mol. The molecule has 21 heavy (non-hydrogen) atoms. The molecule has 2 rings (SSSR count). The fraction of sp³-hybridized carbons (Fsp3) is 0.308. The number of phosphoric acid groups is 1. The molecule has 1 aromatic heterocycles. The van der Waals surface area contributed by atoms with Crippen LogP contribution in [0.3, 0.4) is 0 Å². The molecule has 1 heterocycles. The molecule has 0 saturated carbocycles. The molecule has 0 amide bonds. The molecule has 1 aromatic carbocycles. The lowest BCUT2D eigenvalue weighted by Crippen LogP contribution is -2.13. The quantitative estimate of drug-likeness (QED) is 0.642. The number of benzene rings is 1. The lowest BCUT2D eigenvalue weighted by atomic mass is 10.1. The van der Waals surface area contributed by atoms with Gasteiger partial charge in [-0.1, -0.05) is 0 Å². The van der Waals surface area contributed by atoms with Crippen molar-refractivity contribution in [1.29, 1.82) is 0 Å². The third-order valence-corrected chi connectivity index (χ3v) is 3.78. The Morgan fingerprint density at radius 1 is 1.38 bits per heavy atom. The summed E-state index contributed by atoms with van der Waals surface area (Å²) in [7, 11) is -4.37. The van der Waals surface area contributed by atoms with Gasteiger partial charge < -0.3 is 14.0 Å². The molecule has 0 spiro atoms. The number of hydrogen-bond donors (Lipinski definition) is 2. The smallest absolute Gasteiger partial charge is 0.423 e. The van der Waals surface area contributed by atoms with E-state index in [4.69, 9.17) is 18.6 Å². The van der Waals surface area contributed by atoms with E-state index in [0.29, 0.717) is 5.39 Å². The van der Waals surface area contributed by atoms with E-state index >= 15 is 0 Å². The number of hydrogen-bond acceptors (Lipinski definition) is 6. The van der Waals surface area contributed by atoms with Gasteiger partial charge >= 0.3 is 13.4 Å². The number of fused-ring (bicyclic) bond motifs is 1. The van der Waals surface area contributed by atoms with Crippen LogP contribution in [0.5, 0.6) is 5.75 Å². The fourth-order valence-corrected chi connectivity index (χ4v) is 2.72. The van der Waals surface area contributed by atoms with Crippen molar-refractivity contribution in [2.45, 2.75) is 20.0 Å². The molecule has 2 aromatic rings. The third kappa shape index (κ3) is 3.92. The highest BCUT2D eigenvalue weighted by atomic mass is 31.2. The Labute approximate surface area is 120 Å². The first-order valence-electron chi connectivity index (χ1n) is 6.17. The molecule has 0 aliphatic carbocycles. The Morgan fingerprint density at radius 3 is 2.76 bits per heavy atom. The van der Waals surface area contributed by atoms with Crippen molar-refractivity contribution in [1.82, 2.24) is 0 Å². The van der Waals surface area contributed by atoms with Gasteiger partial charge in [0.2, 0.25) is 0 Å². The molecule has 0 aliphatic rings. The van der Waals surface area contributed by atoms with Gasteiger partial charge in [-0.3, -0.25) is 9.42 Å². The first-order valence-corrected chi connectivity index (χ1v) is 7.66. The summed E-state index contributed by atoms with van der Waals surface area (Å²) in [4.78, 5) is 20.9. The second-order valence-electron chi connectivity index (χ2n) is 4.56. The van der Waals surface area contributed by atoms with Gasteiger partial charge in [0.25, 0.3) is 0 Å². The SMILES string of the molecule is Cc1cc(=O)oc2cc(OP(=O)(O)O[C@@H](C)CO)ccc12. The zero-order chi connectivity index (χ0) is 15.6. The molecule has 2 atom stereocenters. The molecule has 0 aliphatic heterocycles. The predicted octanol–water partition coefficient (Wildman–Crippen LogP) is 1.98. The number of phosphoric ester groups is 1. The molecule has 0 bridgehead atoms. The van der Waals surface area contributed by atoms with Gasteiger partial charge in [-0.15, -0.1) is 0 Å². The largest absolute Gasteiger partial charge is 0.527 e. The summed E-state index contributed by atoms with van der Waals surface area (Å²) in [6.45, 7) is 2.76. The molecule has 7 nitrogen and oxygen atoms in total. The lowest BCUT2D eigenvalue weighted by molar-refractivity contribution is 0.0951. The van der Waals surface area contributed by atoms with Crippen LogP contribution in [0.2, 0.25) is 0 Å². The highest BCUT2D eigenvalue weighted by Crippen LogP contribution is 2.45. The van der Waals surface area contributed by atoms with Crippen molar-refractivity contribution in [3.05, 3.63) is 40.2 Å². The summed E-state index contributed by atoms with van der Waals surface area (Å²) in [5.74, 6) is 0.0206. The van der Waals surface area contributed by atoms with Gasteiger partial charge in [0, 0.05) is 17.5 Å². The van der Waals surface area contributed by atoms with E-state index in [1.54, 1.807) is 13.0 Å². The minimum absolute atomic E-state index is 0.0206. The number of aryl methyl sites for hydroxylation is 1. The van der Waals surface area contributed by atoms with Gasteiger partial charge in [0.15, 0.2) is 0 Å². The summed E-state index contributed by atoms with van der Waals surface area (Å²) >= 11 is 0. The topological polar surface area (TPSA) is 106 Å². The van der Waals surface area contributed by atoms with E-state index in [2.05, 4.69) is 0 Å². The molecule has 0 fully saturated rings. The van der Waals surface area contributed by atoms with Crippen molar-refractivity contribution in [3.8, 4) is 5.75 Å². The number of aliphatic hydroxyl groups excluding tert-OH is 1. The monoisotopic (exact) mass is 314 g/mol. The third-order valence-electron chi connectivity index (χ3n) is 2.71. The Hall–Kier alpha value is -1.66. The van der Waals surface area contributed by atoms with Gasteiger partial charge in [0.05, 0.1) is 12.7 Å². The van der Waals surface area contributed by atoms with Crippen molar-refractivity contribution in [2.24, 2.45) is 0 Å². The zero-order valence-electron chi connectivity index (χ0n) is 11.5. The van der Waals surface area contributed by atoms with Crippen LogP contribution in [-0.2, 0) is 9.09 Å². The maximum Gasteiger partial charge on any atom is 0.527 e. The summed E-state index contributed by atoms with van der Waals surface area (Å²) < 4.78 is 26.3. The average molecular weight is 314 g/mol. The standard InChI is InChI=1S/C13H15O7P/c1-8-5-13(15)18-12-6-10(3-4-11(8)12)20-21(16,17)19-9(2)7-14/h3-6,9,14H,7H2,1-2H3,(H,16,17)/t9-/m0/s1. The van der Waals surface area contributed by atoms with Crippen LogP contribution in [0.1, 0.15) is 12.5 Å². The maximum atomic E-state index is 11.7. The van der Waals surface area contributed by atoms with E-state index < -0.39 is 26.2 Å². The second kappa shape index (κ2) is 5.99. The lowest BCUT2D eigenvalue weighted by Gasteiger charge is -2.16. The van der Waals surface area contributed by atoms with Crippen molar-refractivity contribution in [2.75, 3.05) is 6.61 Å². The van der Waals surface area contributed by atoms with Crippen LogP contribution < -0.4 is 10.1 Å². The van der Waals surface area contributed by atoms with E-state index in [1.165, 1.54) is 25.1 Å². The number of rotatable bonds is 5. The van der Waals surface area contributed by atoms with Crippen LogP contribution in [0.15, 0.2) is 33.5 Å². The molecular formula is C13H15O7P. The van der Waals surface area contributed by atoms with E-state index in [-0.39, 0.29) is 11.3 Å². The molecule has 0 saturated heterocycles. The summed E-state index contributed by atoms with van der Waals surface area (Å²) in [5.41, 5.74) is 0.451. The van der Waals surface area contributed by atoms with Crippen LogP contribution in [0, 0.1) is 6.92 Å². The Balaban J connectivity index is 2.31.